The lowest BCUT2D eigenvalue weighted by Gasteiger charge is -2.15. The molecule has 0 unspecified atom stereocenters. The van der Waals surface area contributed by atoms with Gasteiger partial charge in [0.2, 0.25) is 0 Å². The molecule has 0 aromatic heterocycles. The monoisotopic (exact) mass is 257 g/mol. The van der Waals surface area contributed by atoms with E-state index < -0.39 is 29.7 Å². The highest BCUT2D eigenvalue weighted by molar-refractivity contribution is 5.68. The van der Waals surface area contributed by atoms with Crippen molar-refractivity contribution in [3.8, 4) is 6.07 Å². The molecule has 0 aliphatic rings. The number of rotatable bonds is 5. The average Bonchev–Trinajstić information content (AvgIpc) is 2.35. The number of hydrogen-bond donors (Lipinski definition) is 2. The molecule has 0 spiro atoms. The van der Waals surface area contributed by atoms with Gasteiger partial charge < -0.3 is 10.4 Å². The summed E-state index contributed by atoms with van der Waals surface area (Å²) in [5, 5.41) is 30.0. The van der Waals surface area contributed by atoms with Crippen LogP contribution < -0.4 is 5.32 Å². The Morgan fingerprint density at radius 1 is 1.56 bits per heavy atom. The molecular weight excluding hydrogens is 248 g/mol. The molecule has 0 heterocycles. The van der Waals surface area contributed by atoms with Crippen LogP contribution in [0.15, 0.2) is 18.2 Å². The molecule has 0 saturated carbocycles. The first-order chi connectivity index (χ1) is 8.41. The van der Waals surface area contributed by atoms with Gasteiger partial charge in [-0.15, -0.1) is 0 Å². The Morgan fingerprint density at radius 2 is 2.22 bits per heavy atom. The van der Waals surface area contributed by atoms with Crippen molar-refractivity contribution in [1.29, 1.82) is 5.26 Å². The summed E-state index contributed by atoms with van der Waals surface area (Å²) in [5.74, 6) is -3.39. The summed E-state index contributed by atoms with van der Waals surface area (Å²) in [6.45, 7) is -2.33. The average molecular weight is 257 g/mol. The first-order valence-corrected chi connectivity index (χ1v) is 4.81. The zero-order valence-corrected chi connectivity index (χ0v) is 9.06. The molecule has 0 aliphatic carbocycles. The fourth-order valence-electron chi connectivity index (χ4n) is 1.25. The van der Waals surface area contributed by atoms with Crippen LogP contribution in [-0.4, -0.2) is 29.1 Å². The molecule has 2 N–H and O–H groups in total. The van der Waals surface area contributed by atoms with Crippen LogP contribution in [0.2, 0.25) is 0 Å². The summed E-state index contributed by atoms with van der Waals surface area (Å²) in [6.07, 6.45) is 0. The van der Waals surface area contributed by atoms with Crippen LogP contribution in [0.3, 0.4) is 0 Å². The number of hydrogen-bond acceptors (Lipinski definition) is 5. The molecule has 0 amide bonds. The van der Waals surface area contributed by atoms with Crippen molar-refractivity contribution >= 4 is 11.4 Å². The number of alkyl halides is 2. The summed E-state index contributed by atoms with van der Waals surface area (Å²) in [6, 6.07) is 5.38. The molecule has 6 nitrogen and oxygen atoms in total. The SMILES string of the molecule is N#Cc1cccc(NCC(F)(F)CO)c1[N+](=O)[O-]. The summed E-state index contributed by atoms with van der Waals surface area (Å²) in [5.41, 5.74) is -0.974. The van der Waals surface area contributed by atoms with Crippen LogP contribution in [0.25, 0.3) is 0 Å². The molecular formula is C10H9F2N3O3. The zero-order chi connectivity index (χ0) is 13.8. The van der Waals surface area contributed by atoms with Gasteiger partial charge >= 0.3 is 5.69 Å². The summed E-state index contributed by atoms with van der Waals surface area (Å²) in [4.78, 5) is 9.95. The van der Waals surface area contributed by atoms with E-state index in [2.05, 4.69) is 5.32 Å². The van der Waals surface area contributed by atoms with Crippen molar-refractivity contribution in [2.75, 3.05) is 18.5 Å². The Kier molecular flexibility index (Phi) is 4.12. The summed E-state index contributed by atoms with van der Waals surface area (Å²) < 4.78 is 25.6. The number of nitrogens with zero attached hydrogens (tertiary/aromatic N) is 2. The lowest BCUT2D eigenvalue weighted by Crippen LogP contribution is -2.31. The van der Waals surface area contributed by atoms with Crippen LogP contribution in [-0.2, 0) is 0 Å². The predicted molar refractivity (Wildman–Crippen MR) is 58.3 cm³/mol. The quantitative estimate of drug-likeness (QED) is 0.615. The van der Waals surface area contributed by atoms with E-state index >= 15 is 0 Å². The van der Waals surface area contributed by atoms with Gasteiger partial charge in [-0.1, -0.05) is 6.07 Å². The van der Waals surface area contributed by atoms with Crippen molar-refractivity contribution in [2.24, 2.45) is 0 Å². The second-order valence-corrected chi connectivity index (χ2v) is 3.44. The molecule has 1 aromatic carbocycles. The minimum atomic E-state index is -3.39. The second kappa shape index (κ2) is 5.37. The Morgan fingerprint density at radius 3 is 2.72 bits per heavy atom. The highest BCUT2D eigenvalue weighted by atomic mass is 19.3. The van der Waals surface area contributed by atoms with E-state index in [1.165, 1.54) is 18.2 Å². The molecule has 0 bridgehead atoms. The fourth-order valence-corrected chi connectivity index (χ4v) is 1.25. The number of para-hydroxylation sites is 1. The van der Waals surface area contributed by atoms with Gasteiger partial charge in [0.1, 0.15) is 23.9 Å². The maximum atomic E-state index is 12.8. The Hall–Kier alpha value is -2.27. The number of halogens is 2. The summed E-state index contributed by atoms with van der Waals surface area (Å²) >= 11 is 0. The van der Waals surface area contributed by atoms with Crippen LogP contribution in [0.5, 0.6) is 0 Å². The molecule has 1 aromatic rings. The van der Waals surface area contributed by atoms with E-state index in [0.29, 0.717) is 0 Å². The third-order valence-electron chi connectivity index (χ3n) is 2.11. The first-order valence-electron chi connectivity index (χ1n) is 4.81. The van der Waals surface area contributed by atoms with Gasteiger partial charge in [-0.2, -0.15) is 5.26 Å². The molecule has 96 valence electrons. The van der Waals surface area contributed by atoms with Crippen LogP contribution in [0.4, 0.5) is 20.2 Å². The van der Waals surface area contributed by atoms with Crippen LogP contribution in [0, 0.1) is 21.4 Å². The van der Waals surface area contributed by atoms with Crippen molar-refractivity contribution in [3.63, 3.8) is 0 Å². The van der Waals surface area contributed by atoms with Gasteiger partial charge in [0.05, 0.1) is 11.5 Å². The minimum Gasteiger partial charge on any atom is -0.390 e. The molecule has 0 radical (unpaired) electrons. The highest BCUT2D eigenvalue weighted by Gasteiger charge is 2.29. The van der Waals surface area contributed by atoms with Gasteiger partial charge in [-0.05, 0) is 12.1 Å². The molecule has 18 heavy (non-hydrogen) atoms. The van der Waals surface area contributed by atoms with Crippen molar-refractivity contribution in [1.82, 2.24) is 0 Å². The predicted octanol–water partition coefficient (Wildman–Crippen LogP) is 1.51. The third-order valence-corrected chi connectivity index (χ3v) is 2.11. The maximum absolute atomic E-state index is 12.8. The van der Waals surface area contributed by atoms with Crippen molar-refractivity contribution in [2.45, 2.75) is 5.92 Å². The van der Waals surface area contributed by atoms with E-state index in [4.69, 9.17) is 10.4 Å². The topological polar surface area (TPSA) is 99.2 Å². The number of aliphatic hydroxyl groups is 1. The fraction of sp³-hybridized carbons (Fsp3) is 0.300. The second-order valence-electron chi connectivity index (χ2n) is 3.44. The van der Waals surface area contributed by atoms with E-state index in [-0.39, 0.29) is 11.3 Å². The number of benzene rings is 1. The van der Waals surface area contributed by atoms with Gasteiger partial charge in [-0.3, -0.25) is 10.1 Å². The number of nitro benzene ring substituents is 1. The largest absolute Gasteiger partial charge is 0.390 e. The molecule has 0 fully saturated rings. The first kappa shape index (κ1) is 13.8. The standard InChI is InChI=1S/C10H9F2N3O3/c11-10(12,6-16)5-14-8-3-1-2-7(4-13)9(8)15(17)18/h1-3,14,16H,5-6H2. The molecule has 8 heteroatoms. The Bertz CT molecular complexity index is 500. The molecule has 0 atom stereocenters. The summed E-state index contributed by atoms with van der Waals surface area (Å²) in [7, 11) is 0. The van der Waals surface area contributed by atoms with E-state index in [1.54, 1.807) is 6.07 Å². The molecule has 1 rings (SSSR count). The lowest BCUT2D eigenvalue weighted by molar-refractivity contribution is -0.384. The van der Waals surface area contributed by atoms with Crippen LogP contribution in [0.1, 0.15) is 5.56 Å². The molecule has 0 aliphatic heterocycles. The smallest absolute Gasteiger partial charge is 0.309 e. The maximum Gasteiger partial charge on any atom is 0.309 e. The highest BCUT2D eigenvalue weighted by Crippen LogP contribution is 2.28. The Balaban J connectivity index is 3.03. The number of nitrogens with one attached hydrogen (secondary N) is 1. The van der Waals surface area contributed by atoms with E-state index in [0.717, 1.165) is 0 Å². The third kappa shape index (κ3) is 3.11. The molecule has 0 saturated heterocycles. The zero-order valence-electron chi connectivity index (χ0n) is 9.06. The van der Waals surface area contributed by atoms with E-state index in [1.807, 2.05) is 0 Å². The van der Waals surface area contributed by atoms with Crippen molar-refractivity contribution in [3.05, 3.63) is 33.9 Å². The minimum absolute atomic E-state index is 0.188. The number of aliphatic hydroxyl groups excluding tert-OH is 1. The lowest BCUT2D eigenvalue weighted by atomic mass is 10.1. The van der Waals surface area contributed by atoms with Gasteiger partial charge in [-0.25, -0.2) is 8.78 Å². The van der Waals surface area contributed by atoms with Gasteiger partial charge in [0.15, 0.2) is 0 Å². The number of anilines is 1. The van der Waals surface area contributed by atoms with Crippen molar-refractivity contribution < 1.29 is 18.8 Å². The number of nitro groups is 1. The van der Waals surface area contributed by atoms with E-state index in [9.17, 15) is 18.9 Å². The van der Waals surface area contributed by atoms with Gasteiger partial charge in [0.25, 0.3) is 5.92 Å². The Labute approximate surface area is 101 Å². The number of nitriles is 1. The normalized spacial score (nSPS) is 10.8. The van der Waals surface area contributed by atoms with Gasteiger partial charge in [0, 0.05) is 0 Å². The van der Waals surface area contributed by atoms with Crippen LogP contribution >= 0.6 is 0 Å².